The van der Waals surface area contributed by atoms with Gasteiger partial charge in [0.05, 0.1) is 36.7 Å². The summed E-state index contributed by atoms with van der Waals surface area (Å²) in [6.45, 7) is 1.23. The van der Waals surface area contributed by atoms with Crippen molar-refractivity contribution in [3.8, 4) is 22.1 Å². The first-order chi connectivity index (χ1) is 21.6. The second kappa shape index (κ2) is 12.3. The highest BCUT2D eigenvalue weighted by Gasteiger charge is 2.26. The molecule has 1 aliphatic heterocycles. The fourth-order valence-corrected chi connectivity index (χ4v) is 6.38. The minimum Gasteiger partial charge on any atom is -0.477 e. The van der Waals surface area contributed by atoms with Gasteiger partial charge < -0.3 is 14.4 Å². The van der Waals surface area contributed by atoms with E-state index in [4.69, 9.17) is 9.47 Å². The molecule has 14 heteroatoms. The zero-order valence-electron chi connectivity index (χ0n) is 24.2. The van der Waals surface area contributed by atoms with Crippen LogP contribution in [0.4, 0.5) is 14.5 Å². The van der Waals surface area contributed by atoms with Gasteiger partial charge >= 0.3 is 5.69 Å². The van der Waals surface area contributed by atoms with E-state index < -0.39 is 34.4 Å². The number of non-ortho nitro benzene ring substituents is 1. The smallest absolute Gasteiger partial charge is 0.338 e. The van der Waals surface area contributed by atoms with E-state index in [2.05, 4.69) is 4.98 Å². The molecule has 2 aromatic carbocycles. The number of hydrogen-bond donors (Lipinski definition) is 0. The van der Waals surface area contributed by atoms with Gasteiger partial charge in [-0.25, -0.2) is 18.1 Å². The molecule has 0 N–H and O–H groups in total. The highest BCUT2D eigenvalue weighted by Crippen LogP contribution is 2.38. The van der Waals surface area contributed by atoms with Crippen LogP contribution in [0.3, 0.4) is 0 Å². The first-order valence-electron chi connectivity index (χ1n) is 13.9. The Kier molecular flexibility index (Phi) is 8.27. The first-order valence-corrected chi connectivity index (χ1v) is 14.8. The van der Waals surface area contributed by atoms with E-state index in [9.17, 15) is 28.5 Å². The van der Waals surface area contributed by atoms with Crippen molar-refractivity contribution >= 4 is 27.2 Å². The van der Waals surface area contributed by atoms with Gasteiger partial charge in [-0.3, -0.25) is 19.5 Å². The average Bonchev–Trinajstić information content (AvgIpc) is 3.34. The lowest BCUT2D eigenvalue weighted by Gasteiger charge is -2.25. The van der Waals surface area contributed by atoms with Gasteiger partial charge in [-0.1, -0.05) is 12.1 Å². The lowest BCUT2D eigenvalue weighted by atomic mass is 10.1. The zero-order chi connectivity index (χ0) is 31.8. The second-order valence-corrected chi connectivity index (χ2v) is 11.9. The normalized spacial score (nSPS) is 13.4. The van der Waals surface area contributed by atoms with Crippen LogP contribution in [-0.2, 0) is 17.8 Å². The maximum Gasteiger partial charge on any atom is 0.338 e. The van der Waals surface area contributed by atoms with Gasteiger partial charge in [0.2, 0.25) is 5.88 Å². The van der Waals surface area contributed by atoms with E-state index in [1.807, 2.05) is 19.0 Å². The average molecular weight is 636 g/mol. The molecule has 0 spiro atoms. The lowest BCUT2D eigenvalue weighted by molar-refractivity contribution is -0.384. The van der Waals surface area contributed by atoms with Gasteiger partial charge in [0.25, 0.3) is 11.2 Å². The summed E-state index contributed by atoms with van der Waals surface area (Å²) in [6.07, 6.45) is 0. The number of nitrogens with zero attached hydrogens (tertiary/aromatic N) is 5. The van der Waals surface area contributed by atoms with Crippen molar-refractivity contribution in [1.82, 2.24) is 19.0 Å². The maximum atomic E-state index is 14.9. The SMILES string of the molecule is CN(C)Cc1c(-c2ccc([N+](=O)[O-])cc2)sc2c1c(=O)n(-c1cccc(OCC3COC3)n1)c(=O)n2Cc1c(F)cccc1F. The third-order valence-corrected chi connectivity index (χ3v) is 8.68. The summed E-state index contributed by atoms with van der Waals surface area (Å²) in [7, 11) is 3.61. The number of pyridine rings is 1. The molecule has 1 saturated heterocycles. The predicted octanol–water partition coefficient (Wildman–Crippen LogP) is 4.60. The van der Waals surface area contributed by atoms with Gasteiger partial charge in [0.1, 0.15) is 22.3 Å². The van der Waals surface area contributed by atoms with E-state index in [0.717, 1.165) is 32.6 Å². The second-order valence-electron chi connectivity index (χ2n) is 10.9. The Balaban J connectivity index is 1.61. The largest absolute Gasteiger partial charge is 0.477 e. The van der Waals surface area contributed by atoms with E-state index in [0.29, 0.717) is 35.8 Å². The number of fused-ring (bicyclic) bond motifs is 1. The van der Waals surface area contributed by atoms with Crippen LogP contribution in [0.2, 0.25) is 0 Å². The third kappa shape index (κ3) is 5.87. The van der Waals surface area contributed by atoms with Crippen LogP contribution >= 0.6 is 11.3 Å². The number of aromatic nitrogens is 3. The Labute approximate surface area is 258 Å². The van der Waals surface area contributed by atoms with Gasteiger partial charge in [0, 0.05) is 41.1 Å². The quantitative estimate of drug-likeness (QED) is 0.161. The summed E-state index contributed by atoms with van der Waals surface area (Å²) in [4.78, 5) is 46.3. The van der Waals surface area contributed by atoms with Crippen LogP contribution in [0.1, 0.15) is 11.1 Å². The predicted molar refractivity (Wildman–Crippen MR) is 164 cm³/mol. The Hall–Kier alpha value is -4.79. The monoisotopic (exact) mass is 635 g/mol. The number of nitro benzene ring substituents is 1. The van der Waals surface area contributed by atoms with Crippen molar-refractivity contribution in [2.75, 3.05) is 33.9 Å². The number of hydrogen-bond acceptors (Lipinski definition) is 9. The number of halogens is 2. The van der Waals surface area contributed by atoms with Gasteiger partial charge in [-0.2, -0.15) is 4.98 Å². The first kappa shape index (κ1) is 30.2. The van der Waals surface area contributed by atoms with Crippen LogP contribution in [0.25, 0.3) is 26.5 Å². The minimum absolute atomic E-state index is 0.0177. The molecule has 3 aromatic heterocycles. The van der Waals surface area contributed by atoms with Crippen LogP contribution in [0, 0.1) is 27.7 Å². The number of ether oxygens (including phenoxy) is 2. The molecule has 0 aliphatic carbocycles. The fourth-order valence-electron chi connectivity index (χ4n) is 5.08. The van der Waals surface area contributed by atoms with E-state index in [1.165, 1.54) is 24.3 Å². The lowest BCUT2D eigenvalue weighted by Crippen LogP contribution is -2.39. The van der Waals surface area contributed by atoms with Gasteiger partial charge in [-0.05, 0) is 55.6 Å². The van der Waals surface area contributed by atoms with Crippen LogP contribution < -0.4 is 16.0 Å². The molecule has 0 saturated carbocycles. The molecule has 45 heavy (non-hydrogen) atoms. The molecular weight excluding hydrogens is 608 g/mol. The van der Waals surface area contributed by atoms with Crippen LogP contribution in [0.15, 0.2) is 70.3 Å². The van der Waals surface area contributed by atoms with Crippen molar-refractivity contribution in [2.24, 2.45) is 5.92 Å². The van der Waals surface area contributed by atoms with Crippen molar-refractivity contribution in [3.63, 3.8) is 0 Å². The standard InChI is InChI=1S/C31H27F2N5O6S/c1-35(2)13-22-27-29(39)37(25-7-4-8-26(34-25)44-17-18-15-43-16-18)31(40)36(14-21-23(32)5-3-6-24(21)33)30(27)45-28(22)19-9-11-20(12-10-19)38(41)42/h3-12,18H,13-17H2,1-2H3. The van der Waals surface area contributed by atoms with Crippen molar-refractivity contribution in [2.45, 2.75) is 13.1 Å². The molecule has 0 radical (unpaired) electrons. The molecule has 232 valence electrons. The highest BCUT2D eigenvalue weighted by atomic mass is 32.1. The summed E-state index contributed by atoms with van der Waals surface area (Å²) < 4.78 is 42.8. The molecule has 0 amide bonds. The Morgan fingerprint density at radius 2 is 1.73 bits per heavy atom. The number of rotatable bonds is 10. The number of thiophene rings is 1. The topological polar surface area (TPSA) is 122 Å². The van der Waals surface area contributed by atoms with E-state index in [-0.39, 0.29) is 45.6 Å². The molecule has 11 nitrogen and oxygen atoms in total. The molecule has 5 aromatic rings. The minimum atomic E-state index is -0.847. The molecule has 1 aliphatic rings. The molecule has 1 fully saturated rings. The van der Waals surface area contributed by atoms with Crippen LogP contribution in [-0.4, -0.2) is 57.9 Å². The molecule has 6 rings (SSSR count). The Morgan fingerprint density at radius 3 is 2.36 bits per heavy atom. The summed E-state index contributed by atoms with van der Waals surface area (Å²) in [5.74, 6) is -1.30. The highest BCUT2D eigenvalue weighted by molar-refractivity contribution is 7.22. The summed E-state index contributed by atoms with van der Waals surface area (Å²) in [5.41, 5.74) is -0.847. The fraction of sp³-hybridized carbons (Fsp3) is 0.258. The van der Waals surface area contributed by atoms with E-state index >= 15 is 0 Å². The molecule has 0 unspecified atom stereocenters. The summed E-state index contributed by atoms with van der Waals surface area (Å²) in [6, 6.07) is 13.9. The number of benzene rings is 2. The summed E-state index contributed by atoms with van der Waals surface area (Å²) in [5, 5.41) is 11.4. The maximum absolute atomic E-state index is 14.9. The zero-order valence-corrected chi connectivity index (χ0v) is 25.1. The molecule has 0 atom stereocenters. The van der Waals surface area contributed by atoms with Crippen molar-refractivity contribution in [1.29, 1.82) is 0 Å². The third-order valence-electron chi connectivity index (χ3n) is 7.38. The molecule has 0 bridgehead atoms. The Morgan fingerprint density at radius 1 is 1.04 bits per heavy atom. The Bertz CT molecular complexity index is 2020. The van der Waals surface area contributed by atoms with Gasteiger partial charge in [-0.15, -0.1) is 11.3 Å². The summed E-state index contributed by atoms with van der Waals surface area (Å²) >= 11 is 1.10. The van der Waals surface area contributed by atoms with Gasteiger partial charge in [0.15, 0.2) is 0 Å². The van der Waals surface area contributed by atoms with Crippen molar-refractivity contribution in [3.05, 3.63) is 114 Å². The number of nitro groups is 1. The van der Waals surface area contributed by atoms with Crippen molar-refractivity contribution < 1.29 is 23.2 Å². The molecule has 4 heterocycles. The van der Waals surface area contributed by atoms with E-state index in [1.54, 1.807) is 24.3 Å². The van der Waals surface area contributed by atoms with Crippen LogP contribution in [0.5, 0.6) is 5.88 Å². The molecular formula is C31H27F2N5O6S.